The van der Waals surface area contributed by atoms with Gasteiger partial charge in [-0.2, -0.15) is 18.3 Å². The molecule has 0 spiro atoms. The summed E-state index contributed by atoms with van der Waals surface area (Å²) < 4.78 is 40.8. The number of rotatable bonds is 2. The van der Waals surface area contributed by atoms with Crippen molar-refractivity contribution in [2.75, 3.05) is 0 Å². The zero-order chi connectivity index (χ0) is 14.3. The second-order valence-electron chi connectivity index (χ2n) is 4.03. The van der Waals surface area contributed by atoms with Crippen molar-refractivity contribution in [2.24, 2.45) is 5.73 Å². The van der Waals surface area contributed by atoms with E-state index in [9.17, 15) is 13.2 Å². The zero-order valence-electron chi connectivity index (χ0n) is 10.0. The normalized spacial score (nSPS) is 12.2. The summed E-state index contributed by atoms with van der Waals surface area (Å²) in [7, 11) is 0. The summed E-state index contributed by atoms with van der Waals surface area (Å²) in [6.45, 7) is 0.149. The van der Waals surface area contributed by atoms with E-state index in [-0.39, 0.29) is 12.1 Å². The van der Waals surface area contributed by atoms with Crippen molar-refractivity contribution in [2.45, 2.75) is 12.7 Å². The highest BCUT2D eigenvalue weighted by Crippen LogP contribution is 2.29. The highest BCUT2D eigenvalue weighted by Gasteiger charge is 2.34. The first kappa shape index (κ1) is 12.6. The molecule has 0 unspecified atom stereocenters. The predicted molar refractivity (Wildman–Crippen MR) is 63.0 cm³/mol. The lowest BCUT2D eigenvalue weighted by atomic mass is 10.3. The lowest BCUT2D eigenvalue weighted by Crippen LogP contribution is -2.08. The SMILES string of the molecule is NCc1nccn1-c1nccn2nc(C(F)(F)F)cc12. The van der Waals surface area contributed by atoms with E-state index in [1.165, 1.54) is 23.2 Å². The molecule has 2 N–H and O–H groups in total. The molecule has 0 atom stereocenters. The van der Waals surface area contributed by atoms with Gasteiger partial charge in [0.1, 0.15) is 11.3 Å². The van der Waals surface area contributed by atoms with E-state index in [1.54, 1.807) is 6.20 Å². The highest BCUT2D eigenvalue weighted by molar-refractivity contribution is 5.61. The molecule has 0 fully saturated rings. The Bertz CT molecular complexity index is 757. The van der Waals surface area contributed by atoms with Crippen LogP contribution in [0.3, 0.4) is 0 Å². The minimum absolute atomic E-state index is 0.149. The van der Waals surface area contributed by atoms with Gasteiger partial charge >= 0.3 is 6.18 Å². The molecule has 3 rings (SSSR count). The minimum Gasteiger partial charge on any atom is -0.324 e. The van der Waals surface area contributed by atoms with Crippen LogP contribution in [0, 0.1) is 0 Å². The van der Waals surface area contributed by atoms with Gasteiger partial charge in [0, 0.05) is 30.9 Å². The molecule has 0 bridgehead atoms. The van der Waals surface area contributed by atoms with E-state index in [0.29, 0.717) is 11.6 Å². The largest absolute Gasteiger partial charge is 0.435 e. The van der Waals surface area contributed by atoms with E-state index >= 15 is 0 Å². The number of fused-ring (bicyclic) bond motifs is 1. The Labute approximate surface area is 110 Å². The van der Waals surface area contributed by atoms with Crippen molar-refractivity contribution in [1.29, 1.82) is 0 Å². The molecule has 3 aromatic rings. The fraction of sp³-hybridized carbons (Fsp3) is 0.182. The summed E-state index contributed by atoms with van der Waals surface area (Å²) in [5.41, 5.74) is 4.80. The van der Waals surface area contributed by atoms with Gasteiger partial charge in [0.15, 0.2) is 11.5 Å². The van der Waals surface area contributed by atoms with Gasteiger partial charge in [0.2, 0.25) is 0 Å². The van der Waals surface area contributed by atoms with E-state index in [1.807, 2.05) is 0 Å². The maximum Gasteiger partial charge on any atom is 0.435 e. The van der Waals surface area contributed by atoms with Crippen molar-refractivity contribution < 1.29 is 13.2 Å². The molecule has 3 aromatic heterocycles. The van der Waals surface area contributed by atoms with Crippen LogP contribution in [0.4, 0.5) is 13.2 Å². The first-order valence-electron chi connectivity index (χ1n) is 5.65. The molecule has 0 aliphatic carbocycles. The van der Waals surface area contributed by atoms with Crippen LogP contribution in [0.25, 0.3) is 11.3 Å². The third kappa shape index (κ3) is 1.92. The topological polar surface area (TPSA) is 74.0 Å². The molecule has 9 heteroatoms. The molecule has 0 radical (unpaired) electrons. The van der Waals surface area contributed by atoms with Crippen LogP contribution < -0.4 is 5.73 Å². The Morgan fingerprint density at radius 2 is 1.90 bits per heavy atom. The molecule has 0 amide bonds. The Kier molecular flexibility index (Phi) is 2.71. The van der Waals surface area contributed by atoms with Crippen LogP contribution >= 0.6 is 0 Å². The molecule has 0 aromatic carbocycles. The second-order valence-corrected chi connectivity index (χ2v) is 4.03. The van der Waals surface area contributed by atoms with Crippen LogP contribution in [0.2, 0.25) is 0 Å². The van der Waals surface area contributed by atoms with Gasteiger partial charge in [0.05, 0.1) is 6.54 Å². The number of nitrogens with two attached hydrogens (primary N) is 1. The third-order valence-electron chi connectivity index (χ3n) is 2.79. The van der Waals surface area contributed by atoms with Gasteiger partial charge in [-0.15, -0.1) is 0 Å². The molecule has 104 valence electrons. The molecule has 0 saturated carbocycles. The Morgan fingerprint density at radius 3 is 2.60 bits per heavy atom. The van der Waals surface area contributed by atoms with E-state index < -0.39 is 11.9 Å². The van der Waals surface area contributed by atoms with Crippen LogP contribution in [-0.4, -0.2) is 24.1 Å². The van der Waals surface area contributed by atoms with Crippen molar-refractivity contribution in [3.05, 3.63) is 42.4 Å². The molecule has 0 saturated heterocycles. The highest BCUT2D eigenvalue weighted by atomic mass is 19.4. The van der Waals surface area contributed by atoms with Crippen LogP contribution in [-0.2, 0) is 12.7 Å². The van der Waals surface area contributed by atoms with Gasteiger partial charge in [-0.05, 0) is 0 Å². The number of alkyl halides is 3. The molecular weight excluding hydrogens is 273 g/mol. The van der Waals surface area contributed by atoms with E-state index in [2.05, 4.69) is 15.1 Å². The monoisotopic (exact) mass is 282 g/mol. The maximum atomic E-state index is 12.7. The quantitative estimate of drug-likeness (QED) is 0.771. The summed E-state index contributed by atoms with van der Waals surface area (Å²) in [4.78, 5) is 8.11. The van der Waals surface area contributed by atoms with E-state index in [4.69, 9.17) is 5.73 Å². The third-order valence-corrected chi connectivity index (χ3v) is 2.79. The first-order chi connectivity index (χ1) is 9.50. The van der Waals surface area contributed by atoms with Crippen molar-refractivity contribution in [1.82, 2.24) is 24.1 Å². The molecule has 0 aliphatic heterocycles. The van der Waals surface area contributed by atoms with Crippen molar-refractivity contribution in [3.63, 3.8) is 0 Å². The molecule has 20 heavy (non-hydrogen) atoms. The standard InChI is InChI=1S/C11H9F3N6/c12-11(13,14)8-5-7-10(17-2-4-20(7)18-8)19-3-1-16-9(19)6-15/h1-5H,6,15H2. The first-order valence-corrected chi connectivity index (χ1v) is 5.65. The number of hydrogen-bond donors (Lipinski definition) is 1. The average molecular weight is 282 g/mol. The van der Waals surface area contributed by atoms with Crippen LogP contribution in [0.15, 0.2) is 30.9 Å². The predicted octanol–water partition coefficient (Wildman–Crippen LogP) is 1.39. The van der Waals surface area contributed by atoms with Gasteiger partial charge in [0.25, 0.3) is 0 Å². The summed E-state index contributed by atoms with van der Waals surface area (Å²) in [6.07, 6.45) is 1.32. The number of imidazole rings is 1. The van der Waals surface area contributed by atoms with Gasteiger partial charge in [-0.1, -0.05) is 0 Å². The summed E-state index contributed by atoms with van der Waals surface area (Å²) in [6, 6.07) is 0.947. The van der Waals surface area contributed by atoms with Crippen LogP contribution in [0.1, 0.15) is 11.5 Å². The maximum absolute atomic E-state index is 12.7. The van der Waals surface area contributed by atoms with Gasteiger partial charge in [-0.25, -0.2) is 14.5 Å². The lowest BCUT2D eigenvalue weighted by Gasteiger charge is -2.06. The fourth-order valence-electron chi connectivity index (χ4n) is 1.91. The second kappa shape index (κ2) is 4.30. The smallest absolute Gasteiger partial charge is 0.324 e. The molecule has 6 nitrogen and oxygen atoms in total. The zero-order valence-corrected chi connectivity index (χ0v) is 10.0. The number of halogens is 3. The molecule has 0 aliphatic rings. The summed E-state index contributed by atoms with van der Waals surface area (Å²) in [5, 5.41) is 3.50. The van der Waals surface area contributed by atoms with Crippen molar-refractivity contribution >= 4 is 5.52 Å². The Hall–Kier alpha value is -2.42. The minimum atomic E-state index is -4.51. The molecular formula is C11H9F3N6. The molecule has 3 heterocycles. The fourth-order valence-corrected chi connectivity index (χ4v) is 1.91. The van der Waals surface area contributed by atoms with Gasteiger partial charge < -0.3 is 5.73 Å². The van der Waals surface area contributed by atoms with Crippen LogP contribution in [0.5, 0.6) is 0 Å². The summed E-state index contributed by atoms with van der Waals surface area (Å²) >= 11 is 0. The Balaban J connectivity index is 2.24. The number of aromatic nitrogens is 5. The Morgan fingerprint density at radius 1 is 1.15 bits per heavy atom. The summed E-state index contributed by atoms with van der Waals surface area (Å²) in [5.74, 6) is 0.800. The number of hydrogen-bond acceptors (Lipinski definition) is 4. The number of nitrogens with zero attached hydrogens (tertiary/aromatic N) is 5. The average Bonchev–Trinajstić information content (AvgIpc) is 3.03. The van der Waals surface area contributed by atoms with E-state index in [0.717, 1.165) is 10.6 Å². The van der Waals surface area contributed by atoms with Gasteiger partial charge in [-0.3, -0.25) is 4.57 Å². The van der Waals surface area contributed by atoms with Crippen molar-refractivity contribution in [3.8, 4) is 5.82 Å². The lowest BCUT2D eigenvalue weighted by molar-refractivity contribution is -0.141.